The third kappa shape index (κ3) is 14.9. The van der Waals surface area contributed by atoms with Gasteiger partial charge in [0.25, 0.3) is 0 Å². The summed E-state index contributed by atoms with van der Waals surface area (Å²) in [6.07, 6.45) is 2.69. The van der Waals surface area contributed by atoms with Crippen LogP contribution < -0.4 is 15.4 Å². The smallest absolute Gasteiger partial charge is 0.148 e. The van der Waals surface area contributed by atoms with Crippen molar-refractivity contribution in [2.45, 2.75) is 67.0 Å². The van der Waals surface area contributed by atoms with Gasteiger partial charge in [-0.2, -0.15) is 0 Å². The number of nitrogens with zero attached hydrogens (tertiary/aromatic N) is 8. The third-order valence-electron chi connectivity index (χ3n) is 15.0. The Kier molecular flexibility index (Phi) is 17.4. The largest absolute Gasteiger partial charge is 0.487 e. The number of sulfone groups is 1. The van der Waals surface area contributed by atoms with Gasteiger partial charge in [0.15, 0.2) is 0 Å². The van der Waals surface area contributed by atoms with Gasteiger partial charge >= 0.3 is 0 Å². The van der Waals surface area contributed by atoms with E-state index in [1.54, 1.807) is 24.3 Å². The molecule has 18 nitrogen and oxygen atoms in total. The van der Waals surface area contributed by atoms with E-state index in [0.717, 1.165) is 97.0 Å². The van der Waals surface area contributed by atoms with E-state index in [1.165, 1.54) is 47.0 Å². The van der Waals surface area contributed by atoms with Crippen molar-refractivity contribution >= 4 is 88.0 Å². The van der Waals surface area contributed by atoms with Crippen LogP contribution in [0.1, 0.15) is 56.9 Å². The van der Waals surface area contributed by atoms with Crippen LogP contribution in [0, 0.1) is 33.5 Å². The first-order valence-electron chi connectivity index (χ1n) is 28.9. The summed E-state index contributed by atoms with van der Waals surface area (Å²) in [5, 5.41) is 7.56. The number of nitrogens with one attached hydrogen (secondary N) is 6. The van der Waals surface area contributed by atoms with Crippen LogP contribution in [0.3, 0.4) is 0 Å². The Morgan fingerprint density at radius 3 is 1.61 bits per heavy atom. The number of anilines is 2. The summed E-state index contributed by atoms with van der Waals surface area (Å²) in [7, 11) is -3.02. The molecule has 0 aliphatic rings. The van der Waals surface area contributed by atoms with Crippen LogP contribution in [0.5, 0.6) is 5.75 Å². The number of aromatic amines is 4. The summed E-state index contributed by atoms with van der Waals surface area (Å²) in [5.74, 6) is 5.93. The van der Waals surface area contributed by atoms with Gasteiger partial charge in [0.1, 0.15) is 75.0 Å². The van der Waals surface area contributed by atoms with Crippen LogP contribution in [0.2, 0.25) is 5.02 Å². The average Bonchev–Trinajstić information content (AvgIpc) is 1.86. The van der Waals surface area contributed by atoms with E-state index in [4.69, 9.17) is 40.7 Å². The Labute approximate surface area is 512 Å². The Bertz CT molecular complexity index is 4410. The van der Waals surface area contributed by atoms with Gasteiger partial charge in [-0.05, 0) is 165 Å². The molecular weight excluding hydrogens is 1150 g/mol. The molecule has 21 heteroatoms. The number of hydrogen-bond donors (Lipinski definition) is 6. The van der Waals surface area contributed by atoms with Gasteiger partial charge in [-0.3, -0.25) is 9.80 Å². The normalized spacial score (nSPS) is 11.9. The minimum atomic E-state index is -3.02. The molecule has 0 bridgehead atoms. The van der Waals surface area contributed by atoms with E-state index in [1.807, 2.05) is 36.4 Å². The average molecular weight is 1220 g/mol. The van der Waals surface area contributed by atoms with Crippen molar-refractivity contribution in [2.75, 3.05) is 37.0 Å². The fraction of sp³-hybridized carbons (Fsp3) is 0.224. The molecule has 7 aromatic carbocycles. The number of benzene rings is 7. The Balaban J connectivity index is 0.000000175. The van der Waals surface area contributed by atoms with Gasteiger partial charge in [0, 0.05) is 42.5 Å². The molecule has 13 rings (SSSR count). The number of ether oxygens (including phenoxy) is 1. The monoisotopic (exact) mass is 1220 g/mol. The van der Waals surface area contributed by atoms with Gasteiger partial charge in [0.2, 0.25) is 0 Å². The van der Waals surface area contributed by atoms with Gasteiger partial charge in [-0.1, -0.05) is 48.0 Å². The fourth-order valence-electron chi connectivity index (χ4n) is 10.6. The summed E-state index contributed by atoms with van der Waals surface area (Å²) in [4.78, 5) is 47.7. The first kappa shape index (κ1) is 59.0. The standard InChI is InChI=1S/C38H40N10.C29H26ClFN4O4S/c1-23-5-9-27-31(15-23)43-35(39-27)19-47(20-36-40-28-10-6-24(2)16-32(28)44-36)13-14-48(21-37-41-29-11-7-25(3)17-33(29)45-37)22-38-42-30-12-8-26(4)18-34(30)46-38;1-40(36,37)12-11-32-16-23-7-10-27(39-23)20-5-8-26-24(14-20)29(34-18-33-26)35-22-6-9-28(25(30)15-22)38-17-19-3-2-4-21(31)13-19/h5-12,15-18H,13-14,19-22H2,1-4H3,(H,39,43)(H,40,44)(H,41,45)(H,42,46);2-10,13-15,18,32H,11-12,16-17H2,1H3,(H,33,34,35). The maximum atomic E-state index is 13.4. The number of aryl methyl sites for hydroxylation is 4. The highest BCUT2D eigenvalue weighted by molar-refractivity contribution is 7.90. The van der Waals surface area contributed by atoms with Crippen molar-refractivity contribution in [3.63, 3.8) is 0 Å². The van der Waals surface area contributed by atoms with Crippen molar-refractivity contribution < 1.29 is 22.0 Å². The molecule has 0 saturated carbocycles. The minimum absolute atomic E-state index is 0.0664. The number of rotatable bonds is 22. The van der Waals surface area contributed by atoms with Gasteiger partial charge < -0.3 is 39.7 Å². The number of hydrogen-bond acceptors (Lipinski definition) is 14. The number of halogens is 2. The molecule has 0 aliphatic heterocycles. The SMILES string of the molecule is CS(=O)(=O)CCNCc1ccc(-c2ccc3ncnc(Nc4ccc(OCc5cccc(F)c5)c(Cl)c4)c3c2)o1.Cc1ccc2nc(CN(CCN(Cc3nc4ccc(C)cc4[nH]3)Cc3nc4ccc(C)cc4[nH]3)Cc3nc4ccc(C)cc4[nH]3)[nH]c2c1. The van der Waals surface area contributed by atoms with Crippen LogP contribution in [0.15, 0.2) is 156 Å². The van der Waals surface area contributed by atoms with Crippen molar-refractivity contribution in [1.82, 2.24) is 65.0 Å². The van der Waals surface area contributed by atoms with Crippen molar-refractivity contribution in [3.05, 3.63) is 220 Å². The highest BCUT2D eigenvalue weighted by Crippen LogP contribution is 2.33. The lowest BCUT2D eigenvalue weighted by molar-refractivity contribution is 0.174. The molecule has 13 aromatic rings. The summed E-state index contributed by atoms with van der Waals surface area (Å²) >= 11 is 6.47. The molecule has 0 aliphatic carbocycles. The summed E-state index contributed by atoms with van der Waals surface area (Å²) < 4.78 is 47.8. The molecule has 6 heterocycles. The third-order valence-corrected chi connectivity index (χ3v) is 16.2. The molecule has 0 radical (unpaired) electrons. The Hall–Kier alpha value is -9.31. The molecule has 6 aromatic heterocycles. The zero-order valence-electron chi connectivity index (χ0n) is 49.4. The van der Waals surface area contributed by atoms with Crippen LogP contribution in [-0.4, -0.2) is 99.7 Å². The van der Waals surface area contributed by atoms with Crippen LogP contribution in [-0.2, 0) is 49.2 Å². The second-order valence-electron chi connectivity index (χ2n) is 22.5. The van der Waals surface area contributed by atoms with Gasteiger partial charge in [-0.15, -0.1) is 0 Å². The van der Waals surface area contributed by atoms with E-state index in [-0.39, 0.29) is 18.2 Å². The molecular formula is C67H66ClFN14O4S. The van der Waals surface area contributed by atoms with E-state index in [0.29, 0.717) is 78.6 Å². The Morgan fingerprint density at radius 1 is 0.591 bits per heavy atom. The molecule has 6 N–H and O–H groups in total. The van der Waals surface area contributed by atoms with E-state index >= 15 is 0 Å². The van der Waals surface area contributed by atoms with Gasteiger partial charge in [0.05, 0.1) is 93.1 Å². The first-order chi connectivity index (χ1) is 42.5. The topological polar surface area (TPSA) is 228 Å². The van der Waals surface area contributed by atoms with E-state index < -0.39 is 9.84 Å². The first-order valence-corrected chi connectivity index (χ1v) is 31.4. The molecule has 0 amide bonds. The van der Waals surface area contributed by atoms with E-state index in [2.05, 4.69) is 151 Å². The number of H-pyrrole nitrogens is 4. The minimum Gasteiger partial charge on any atom is -0.487 e. The zero-order chi connectivity index (χ0) is 60.9. The molecule has 0 atom stereocenters. The summed E-state index contributed by atoms with van der Waals surface area (Å²) in [5.41, 5.74) is 16.0. The zero-order valence-corrected chi connectivity index (χ0v) is 51.0. The number of fused-ring (bicyclic) bond motifs is 5. The molecule has 0 spiro atoms. The number of imidazole rings is 4. The maximum absolute atomic E-state index is 13.4. The summed E-state index contributed by atoms with van der Waals surface area (Å²) in [6.45, 7) is 13.6. The molecule has 0 unspecified atom stereocenters. The highest BCUT2D eigenvalue weighted by atomic mass is 35.5. The van der Waals surface area contributed by atoms with Crippen LogP contribution in [0.4, 0.5) is 15.9 Å². The summed E-state index contributed by atoms with van der Waals surface area (Å²) in [6, 6.07) is 46.4. The Morgan fingerprint density at radius 2 is 1.11 bits per heavy atom. The predicted molar refractivity (Wildman–Crippen MR) is 346 cm³/mol. The lowest BCUT2D eigenvalue weighted by Crippen LogP contribution is -2.35. The van der Waals surface area contributed by atoms with Crippen molar-refractivity contribution in [1.29, 1.82) is 0 Å². The second kappa shape index (κ2) is 26.0. The quantitative estimate of drug-likeness (QED) is 0.0347. The predicted octanol–water partition coefficient (Wildman–Crippen LogP) is 13.3. The number of furan rings is 1. The molecule has 0 fully saturated rings. The van der Waals surface area contributed by atoms with Crippen molar-refractivity contribution in [2.24, 2.45) is 0 Å². The van der Waals surface area contributed by atoms with Crippen LogP contribution >= 0.6 is 11.6 Å². The number of aromatic nitrogens is 10. The molecule has 448 valence electrons. The lowest BCUT2D eigenvalue weighted by atomic mass is 10.1. The van der Waals surface area contributed by atoms with Crippen molar-refractivity contribution in [3.8, 4) is 17.1 Å². The highest BCUT2D eigenvalue weighted by Gasteiger charge is 2.19. The maximum Gasteiger partial charge on any atom is 0.148 e. The molecule has 88 heavy (non-hydrogen) atoms. The fourth-order valence-corrected chi connectivity index (χ4v) is 11.3. The van der Waals surface area contributed by atoms with Crippen LogP contribution in [0.25, 0.3) is 66.4 Å². The lowest BCUT2D eigenvalue weighted by Gasteiger charge is -2.26. The van der Waals surface area contributed by atoms with E-state index in [9.17, 15) is 12.8 Å². The second-order valence-corrected chi connectivity index (χ2v) is 25.1. The molecule has 0 saturated heterocycles. The van der Waals surface area contributed by atoms with Gasteiger partial charge in [-0.25, -0.2) is 42.7 Å².